The maximum Gasteiger partial charge on any atom is 0.144 e. The molecule has 3 heteroatoms. The summed E-state index contributed by atoms with van der Waals surface area (Å²) < 4.78 is 6.38. The van der Waals surface area contributed by atoms with Gasteiger partial charge in [-0.05, 0) is 40.8 Å². The van der Waals surface area contributed by atoms with Crippen LogP contribution in [0.15, 0.2) is 108 Å². The molecule has 0 saturated heterocycles. The minimum absolute atomic E-state index is 0.196. The lowest BCUT2D eigenvalue weighted by atomic mass is 9.97. The van der Waals surface area contributed by atoms with Crippen molar-refractivity contribution in [1.82, 2.24) is 9.97 Å². The van der Waals surface area contributed by atoms with Crippen LogP contribution in [0.25, 0.3) is 66.0 Å². The largest absolute Gasteiger partial charge is 0.455 e. The fraction of sp³-hybridized carbons (Fsp3) is 0.0909. The van der Waals surface area contributed by atoms with Gasteiger partial charge in [0.25, 0.3) is 0 Å². The summed E-state index contributed by atoms with van der Waals surface area (Å²) in [6.07, 6.45) is 0. The molecule has 3 nitrogen and oxygen atoms in total. The first-order valence-corrected chi connectivity index (χ1v) is 12.4. The van der Waals surface area contributed by atoms with Crippen molar-refractivity contribution in [1.29, 1.82) is 0 Å². The highest BCUT2D eigenvalue weighted by Crippen LogP contribution is 2.39. The van der Waals surface area contributed by atoms with E-state index < -0.39 is 0 Å². The van der Waals surface area contributed by atoms with Crippen LogP contribution in [0.1, 0.15) is 25.6 Å². The summed E-state index contributed by atoms with van der Waals surface area (Å²) in [6, 6.07) is 36.0. The fourth-order valence-electron chi connectivity index (χ4n) is 5.15. The number of hydrogen-bond donors (Lipinski definition) is 0. The summed E-state index contributed by atoms with van der Waals surface area (Å²) >= 11 is 0. The first-order chi connectivity index (χ1) is 17.7. The maximum absolute atomic E-state index is 6.38. The van der Waals surface area contributed by atoms with E-state index in [1.807, 2.05) is 18.2 Å². The van der Waals surface area contributed by atoms with Crippen LogP contribution in [0.3, 0.4) is 0 Å². The van der Waals surface area contributed by atoms with Crippen LogP contribution < -0.4 is 0 Å². The van der Waals surface area contributed by atoms with Gasteiger partial charge >= 0.3 is 0 Å². The molecule has 0 aliphatic heterocycles. The number of furan rings is 1. The maximum atomic E-state index is 6.38. The Morgan fingerprint density at radius 1 is 0.611 bits per heavy atom. The lowest BCUT2D eigenvalue weighted by Crippen LogP contribution is -2.01. The van der Waals surface area contributed by atoms with Gasteiger partial charge in [0.05, 0.1) is 11.2 Å². The van der Waals surface area contributed by atoms with Crippen molar-refractivity contribution in [3.05, 3.63) is 109 Å². The number of aromatic nitrogens is 2. The smallest absolute Gasteiger partial charge is 0.144 e. The van der Waals surface area contributed by atoms with E-state index in [0.717, 1.165) is 55.3 Å². The lowest BCUT2D eigenvalue weighted by Gasteiger charge is -2.13. The van der Waals surface area contributed by atoms with Gasteiger partial charge in [-0.2, -0.15) is 0 Å². The van der Waals surface area contributed by atoms with Crippen molar-refractivity contribution in [2.24, 2.45) is 0 Å². The van der Waals surface area contributed by atoms with E-state index in [0.29, 0.717) is 0 Å². The van der Waals surface area contributed by atoms with Gasteiger partial charge in [0.2, 0.25) is 0 Å². The molecule has 0 amide bonds. The molecule has 7 rings (SSSR count). The number of fused-ring (bicyclic) bond motifs is 6. The van der Waals surface area contributed by atoms with Gasteiger partial charge in [0.15, 0.2) is 0 Å². The Morgan fingerprint density at radius 2 is 1.39 bits per heavy atom. The van der Waals surface area contributed by atoms with E-state index in [9.17, 15) is 0 Å². The van der Waals surface area contributed by atoms with Gasteiger partial charge in [0, 0.05) is 33.0 Å². The summed E-state index contributed by atoms with van der Waals surface area (Å²) in [7, 11) is 0. The summed E-state index contributed by atoms with van der Waals surface area (Å²) in [5, 5.41) is 5.57. The molecule has 2 aromatic heterocycles. The van der Waals surface area contributed by atoms with Crippen molar-refractivity contribution in [2.75, 3.05) is 0 Å². The van der Waals surface area contributed by atoms with Crippen LogP contribution in [0.2, 0.25) is 0 Å². The van der Waals surface area contributed by atoms with E-state index in [1.54, 1.807) is 0 Å². The van der Waals surface area contributed by atoms with Gasteiger partial charge in [-0.25, -0.2) is 9.97 Å². The number of para-hydroxylation sites is 2. The van der Waals surface area contributed by atoms with Crippen LogP contribution in [0, 0.1) is 0 Å². The molecule has 0 spiro atoms. The molecule has 0 N–H and O–H groups in total. The van der Waals surface area contributed by atoms with Gasteiger partial charge in [-0.1, -0.05) is 92.7 Å². The summed E-state index contributed by atoms with van der Waals surface area (Å²) in [5.41, 5.74) is 7.07. The Bertz CT molecular complexity index is 1920. The normalized spacial score (nSPS) is 11.9. The van der Waals surface area contributed by atoms with Crippen molar-refractivity contribution in [3.8, 4) is 22.4 Å². The number of nitrogens with zero attached hydrogens (tertiary/aromatic N) is 2. The SMILES string of the molecule is CC(C)c1nc(-c2cccc3c2oc2ccccc23)c2ccc3cc(-c4ccccc4)ccc3c2n1. The quantitative estimate of drug-likeness (QED) is 0.245. The third-order valence-electron chi connectivity index (χ3n) is 6.98. The van der Waals surface area contributed by atoms with Crippen molar-refractivity contribution in [2.45, 2.75) is 19.8 Å². The Hall–Kier alpha value is -4.50. The topological polar surface area (TPSA) is 38.9 Å². The molecule has 0 atom stereocenters. The molecule has 5 aromatic carbocycles. The number of hydrogen-bond acceptors (Lipinski definition) is 3. The minimum Gasteiger partial charge on any atom is -0.455 e. The zero-order valence-corrected chi connectivity index (χ0v) is 20.2. The lowest BCUT2D eigenvalue weighted by molar-refractivity contribution is 0.669. The second-order valence-electron chi connectivity index (χ2n) is 9.63. The molecule has 0 aliphatic carbocycles. The molecular formula is C33H24N2O. The second kappa shape index (κ2) is 8.03. The van der Waals surface area contributed by atoms with Gasteiger partial charge in [-0.15, -0.1) is 0 Å². The summed E-state index contributed by atoms with van der Waals surface area (Å²) in [6.45, 7) is 4.29. The molecule has 2 heterocycles. The third-order valence-corrected chi connectivity index (χ3v) is 6.98. The Morgan fingerprint density at radius 3 is 2.25 bits per heavy atom. The summed E-state index contributed by atoms with van der Waals surface area (Å²) in [4.78, 5) is 10.2. The molecule has 0 fully saturated rings. The van der Waals surface area contributed by atoms with E-state index in [4.69, 9.17) is 14.4 Å². The van der Waals surface area contributed by atoms with Crippen LogP contribution in [-0.4, -0.2) is 9.97 Å². The molecule has 7 aromatic rings. The van der Waals surface area contributed by atoms with Crippen LogP contribution >= 0.6 is 0 Å². The average Bonchev–Trinajstić information content (AvgIpc) is 3.31. The molecule has 0 radical (unpaired) electrons. The number of rotatable bonds is 3. The van der Waals surface area contributed by atoms with Crippen LogP contribution in [0.4, 0.5) is 0 Å². The zero-order valence-electron chi connectivity index (χ0n) is 20.2. The highest BCUT2D eigenvalue weighted by Gasteiger charge is 2.19. The zero-order chi connectivity index (χ0) is 24.2. The fourth-order valence-corrected chi connectivity index (χ4v) is 5.15. The van der Waals surface area contributed by atoms with Crippen LogP contribution in [-0.2, 0) is 0 Å². The molecular weight excluding hydrogens is 440 g/mol. The first-order valence-electron chi connectivity index (χ1n) is 12.4. The average molecular weight is 465 g/mol. The van der Waals surface area contributed by atoms with Crippen molar-refractivity contribution in [3.63, 3.8) is 0 Å². The highest BCUT2D eigenvalue weighted by molar-refractivity contribution is 6.14. The molecule has 0 unspecified atom stereocenters. The van der Waals surface area contributed by atoms with Gasteiger partial charge in [0.1, 0.15) is 17.0 Å². The van der Waals surface area contributed by atoms with Gasteiger partial charge < -0.3 is 4.42 Å². The first kappa shape index (κ1) is 20.8. The monoisotopic (exact) mass is 464 g/mol. The molecule has 0 bridgehead atoms. The van der Waals surface area contributed by atoms with E-state index in [-0.39, 0.29) is 5.92 Å². The molecule has 172 valence electrons. The number of benzene rings is 5. The minimum atomic E-state index is 0.196. The molecule has 0 aliphatic rings. The second-order valence-corrected chi connectivity index (χ2v) is 9.63. The molecule has 36 heavy (non-hydrogen) atoms. The summed E-state index contributed by atoms with van der Waals surface area (Å²) in [5.74, 6) is 1.03. The Balaban J connectivity index is 1.53. The van der Waals surface area contributed by atoms with Gasteiger partial charge in [-0.3, -0.25) is 0 Å². The Kier molecular flexibility index (Phi) is 4.65. The predicted molar refractivity (Wildman–Crippen MR) is 149 cm³/mol. The highest BCUT2D eigenvalue weighted by atomic mass is 16.3. The van der Waals surface area contributed by atoms with E-state index in [2.05, 4.69) is 98.8 Å². The third kappa shape index (κ3) is 3.20. The van der Waals surface area contributed by atoms with Crippen molar-refractivity contribution < 1.29 is 4.42 Å². The van der Waals surface area contributed by atoms with E-state index in [1.165, 1.54) is 16.5 Å². The molecule has 0 saturated carbocycles. The predicted octanol–water partition coefficient (Wildman–Crippen LogP) is 9.14. The van der Waals surface area contributed by atoms with Crippen LogP contribution in [0.5, 0.6) is 0 Å². The Labute approximate surface area is 209 Å². The van der Waals surface area contributed by atoms with E-state index >= 15 is 0 Å². The standard InChI is InChI=1S/C33H24N2O/c1-20(2)33-34-30-24-17-15-22(21-9-4-3-5-10-21)19-23(24)16-18-27(30)31(35-33)28-13-8-12-26-25-11-6-7-14-29(25)36-32(26)28/h3-20H,1-2H3. The van der Waals surface area contributed by atoms with Crippen molar-refractivity contribution >= 4 is 43.6 Å².